The first-order valence-corrected chi connectivity index (χ1v) is 5.88. The van der Waals surface area contributed by atoms with E-state index < -0.39 is 5.76 Å². The SMILES string of the molecule is O=c1oc2ccccc2c(=S)n1-c1ccccc1. The van der Waals surface area contributed by atoms with Crippen LogP contribution in [0.5, 0.6) is 0 Å². The monoisotopic (exact) mass is 255 g/mol. The lowest BCUT2D eigenvalue weighted by atomic mass is 10.2. The molecule has 0 radical (unpaired) electrons. The molecule has 4 heteroatoms. The van der Waals surface area contributed by atoms with Gasteiger partial charge in [-0.3, -0.25) is 0 Å². The molecule has 3 rings (SSSR count). The Kier molecular flexibility index (Phi) is 2.57. The summed E-state index contributed by atoms with van der Waals surface area (Å²) in [6.45, 7) is 0. The summed E-state index contributed by atoms with van der Waals surface area (Å²) in [6, 6.07) is 16.5. The molecule has 0 spiro atoms. The minimum atomic E-state index is -0.468. The van der Waals surface area contributed by atoms with Gasteiger partial charge in [-0.05, 0) is 24.3 Å². The smallest absolute Gasteiger partial charge is 0.409 e. The molecular formula is C14H9NO2S. The van der Waals surface area contributed by atoms with Crippen LogP contribution in [0.25, 0.3) is 16.7 Å². The lowest BCUT2D eigenvalue weighted by Crippen LogP contribution is -2.17. The van der Waals surface area contributed by atoms with Crippen molar-refractivity contribution in [2.24, 2.45) is 0 Å². The van der Waals surface area contributed by atoms with Crippen molar-refractivity contribution in [3.05, 3.63) is 69.8 Å². The fraction of sp³-hybridized carbons (Fsp3) is 0. The van der Waals surface area contributed by atoms with Gasteiger partial charge in [-0.25, -0.2) is 9.36 Å². The van der Waals surface area contributed by atoms with Crippen LogP contribution >= 0.6 is 12.2 Å². The summed E-state index contributed by atoms with van der Waals surface area (Å²) in [7, 11) is 0. The van der Waals surface area contributed by atoms with Crippen molar-refractivity contribution in [1.82, 2.24) is 4.57 Å². The second-order valence-electron chi connectivity index (χ2n) is 3.84. The van der Waals surface area contributed by atoms with Crippen molar-refractivity contribution in [3.8, 4) is 5.69 Å². The van der Waals surface area contributed by atoms with Gasteiger partial charge < -0.3 is 4.42 Å². The minimum Gasteiger partial charge on any atom is -0.409 e. The predicted molar refractivity (Wildman–Crippen MR) is 72.6 cm³/mol. The fourth-order valence-electron chi connectivity index (χ4n) is 1.88. The number of benzene rings is 2. The zero-order valence-electron chi connectivity index (χ0n) is 9.37. The second-order valence-corrected chi connectivity index (χ2v) is 4.23. The second kappa shape index (κ2) is 4.23. The molecule has 0 unspecified atom stereocenters. The quantitative estimate of drug-likeness (QED) is 0.626. The van der Waals surface area contributed by atoms with Crippen LogP contribution in [0.4, 0.5) is 0 Å². The molecule has 0 saturated heterocycles. The number of hydrogen-bond acceptors (Lipinski definition) is 3. The van der Waals surface area contributed by atoms with Crippen LogP contribution in [0.2, 0.25) is 0 Å². The maximum absolute atomic E-state index is 12.0. The molecular weight excluding hydrogens is 246 g/mol. The highest BCUT2D eigenvalue weighted by Crippen LogP contribution is 2.15. The largest absolute Gasteiger partial charge is 0.425 e. The van der Waals surface area contributed by atoms with E-state index >= 15 is 0 Å². The Balaban J connectivity index is 2.45. The summed E-state index contributed by atoms with van der Waals surface area (Å²) >= 11 is 5.37. The molecule has 2 aromatic carbocycles. The van der Waals surface area contributed by atoms with Crippen LogP contribution in [-0.2, 0) is 0 Å². The van der Waals surface area contributed by atoms with Crippen LogP contribution in [-0.4, -0.2) is 4.57 Å². The van der Waals surface area contributed by atoms with Crippen LogP contribution < -0.4 is 5.76 Å². The fourth-order valence-corrected chi connectivity index (χ4v) is 2.22. The van der Waals surface area contributed by atoms with Crippen molar-refractivity contribution in [2.45, 2.75) is 0 Å². The summed E-state index contributed by atoms with van der Waals surface area (Å²) in [5.74, 6) is -0.468. The third-order valence-corrected chi connectivity index (χ3v) is 3.12. The summed E-state index contributed by atoms with van der Waals surface area (Å²) in [5, 5.41) is 0.760. The summed E-state index contributed by atoms with van der Waals surface area (Å²) in [6.07, 6.45) is 0. The van der Waals surface area contributed by atoms with E-state index in [1.165, 1.54) is 4.57 Å². The average molecular weight is 255 g/mol. The van der Waals surface area contributed by atoms with Crippen LogP contribution in [0.1, 0.15) is 0 Å². The van der Waals surface area contributed by atoms with E-state index in [9.17, 15) is 4.79 Å². The normalized spacial score (nSPS) is 10.7. The Morgan fingerprint density at radius 1 is 0.944 bits per heavy atom. The highest BCUT2D eigenvalue weighted by atomic mass is 32.1. The maximum Gasteiger partial charge on any atom is 0.425 e. The van der Waals surface area contributed by atoms with Gasteiger partial charge in [0.15, 0.2) is 0 Å². The predicted octanol–water partition coefficient (Wildman–Crippen LogP) is 3.31. The van der Waals surface area contributed by atoms with E-state index in [-0.39, 0.29) is 0 Å². The summed E-state index contributed by atoms with van der Waals surface area (Å²) < 4.78 is 7.14. The Labute approximate surface area is 108 Å². The molecule has 3 aromatic rings. The lowest BCUT2D eigenvalue weighted by Gasteiger charge is -2.06. The molecule has 1 heterocycles. The zero-order valence-corrected chi connectivity index (χ0v) is 10.2. The molecule has 18 heavy (non-hydrogen) atoms. The van der Waals surface area contributed by atoms with Crippen molar-refractivity contribution in [2.75, 3.05) is 0 Å². The van der Waals surface area contributed by atoms with E-state index in [4.69, 9.17) is 16.6 Å². The van der Waals surface area contributed by atoms with Crippen molar-refractivity contribution in [3.63, 3.8) is 0 Å². The number of aromatic nitrogens is 1. The van der Waals surface area contributed by atoms with Gasteiger partial charge in [-0.15, -0.1) is 0 Å². The van der Waals surface area contributed by atoms with Crippen LogP contribution in [0.15, 0.2) is 63.8 Å². The Morgan fingerprint density at radius 3 is 2.39 bits per heavy atom. The Bertz CT molecular complexity index is 818. The van der Waals surface area contributed by atoms with Crippen molar-refractivity contribution < 1.29 is 4.42 Å². The first kappa shape index (κ1) is 10.9. The van der Waals surface area contributed by atoms with Gasteiger partial charge in [0.1, 0.15) is 10.2 Å². The van der Waals surface area contributed by atoms with E-state index in [1.807, 2.05) is 48.5 Å². The van der Waals surface area contributed by atoms with Gasteiger partial charge >= 0.3 is 5.76 Å². The van der Waals surface area contributed by atoms with Gasteiger partial charge in [0.2, 0.25) is 0 Å². The molecule has 0 N–H and O–H groups in total. The average Bonchev–Trinajstić information content (AvgIpc) is 2.40. The first-order valence-electron chi connectivity index (χ1n) is 5.48. The van der Waals surface area contributed by atoms with E-state index in [1.54, 1.807) is 6.07 Å². The number of nitrogens with zero attached hydrogens (tertiary/aromatic N) is 1. The lowest BCUT2D eigenvalue weighted by molar-refractivity contribution is 0.507. The van der Waals surface area contributed by atoms with Crippen molar-refractivity contribution >= 4 is 23.2 Å². The topological polar surface area (TPSA) is 35.1 Å². The zero-order chi connectivity index (χ0) is 12.5. The maximum atomic E-state index is 12.0. The van der Waals surface area contributed by atoms with Gasteiger partial charge in [-0.1, -0.05) is 42.5 Å². The minimum absolute atomic E-state index is 0.466. The summed E-state index contributed by atoms with van der Waals surface area (Å²) in [5.41, 5.74) is 1.22. The number of fused-ring (bicyclic) bond motifs is 1. The molecule has 88 valence electrons. The van der Waals surface area contributed by atoms with Crippen LogP contribution in [0.3, 0.4) is 0 Å². The van der Waals surface area contributed by atoms with Crippen LogP contribution in [0, 0.1) is 4.64 Å². The molecule has 3 nitrogen and oxygen atoms in total. The molecule has 0 bridgehead atoms. The molecule has 0 amide bonds. The molecule has 0 aliphatic rings. The molecule has 0 aliphatic heterocycles. The van der Waals surface area contributed by atoms with Gasteiger partial charge in [0.25, 0.3) is 0 Å². The number of rotatable bonds is 1. The highest BCUT2D eigenvalue weighted by molar-refractivity contribution is 7.71. The van der Waals surface area contributed by atoms with E-state index in [0.717, 1.165) is 5.39 Å². The molecule has 0 fully saturated rings. The van der Waals surface area contributed by atoms with E-state index in [2.05, 4.69) is 0 Å². The molecule has 0 aliphatic carbocycles. The Hall–Kier alpha value is -2.20. The number of para-hydroxylation sites is 2. The molecule has 0 atom stereocenters. The number of hydrogen-bond donors (Lipinski definition) is 0. The Morgan fingerprint density at radius 2 is 1.61 bits per heavy atom. The van der Waals surface area contributed by atoms with Gasteiger partial charge in [-0.2, -0.15) is 0 Å². The third-order valence-electron chi connectivity index (χ3n) is 2.71. The van der Waals surface area contributed by atoms with Gasteiger partial charge in [0.05, 0.1) is 11.1 Å². The third kappa shape index (κ3) is 1.67. The molecule has 1 aromatic heterocycles. The molecule has 0 saturated carbocycles. The summed E-state index contributed by atoms with van der Waals surface area (Å²) in [4.78, 5) is 12.0. The standard InChI is InChI=1S/C14H9NO2S/c16-14-15(10-6-2-1-3-7-10)13(18)11-8-4-5-9-12(11)17-14/h1-9H. The van der Waals surface area contributed by atoms with Gasteiger partial charge in [0, 0.05) is 0 Å². The van der Waals surface area contributed by atoms with Crippen molar-refractivity contribution in [1.29, 1.82) is 0 Å². The first-order chi connectivity index (χ1) is 8.77. The highest BCUT2D eigenvalue weighted by Gasteiger charge is 2.07. The van der Waals surface area contributed by atoms with E-state index in [0.29, 0.717) is 15.9 Å².